The zero-order chi connectivity index (χ0) is 23.9. The number of carboxylic acid groups (broad SMARTS) is 1. The van der Waals surface area contributed by atoms with Gasteiger partial charge in [-0.05, 0) is 37.0 Å². The van der Waals surface area contributed by atoms with Crippen LogP contribution in [0.3, 0.4) is 0 Å². The van der Waals surface area contributed by atoms with Gasteiger partial charge in [0.2, 0.25) is 5.91 Å². The number of hydrogen-bond donors (Lipinski definition) is 2. The molecule has 0 aliphatic rings. The van der Waals surface area contributed by atoms with Crippen molar-refractivity contribution in [2.45, 2.75) is 40.2 Å². The summed E-state index contributed by atoms with van der Waals surface area (Å²) in [6, 6.07) is 12.4. The van der Waals surface area contributed by atoms with E-state index in [0.717, 1.165) is 22.3 Å². The molecule has 0 bridgehead atoms. The Hall–Kier alpha value is -3.87. The van der Waals surface area contributed by atoms with E-state index in [4.69, 9.17) is 8.83 Å². The normalized spacial score (nSPS) is 12.4. The SMILES string of the molecule is Cc1oc2cc3oc(=O)c(CC(=O)N[C@H](C(=O)O)C(C)C)c(C)c3cc2c1-c1ccccc1. The number of nitrogens with one attached hydrogen (secondary N) is 1. The number of hydrogen-bond acceptors (Lipinski definition) is 5. The first-order chi connectivity index (χ1) is 15.7. The predicted molar refractivity (Wildman–Crippen MR) is 125 cm³/mol. The highest BCUT2D eigenvalue weighted by Gasteiger charge is 2.25. The Morgan fingerprint density at radius 3 is 2.30 bits per heavy atom. The Kier molecular flexibility index (Phi) is 5.80. The molecule has 0 radical (unpaired) electrons. The van der Waals surface area contributed by atoms with E-state index >= 15 is 0 Å². The minimum Gasteiger partial charge on any atom is -0.480 e. The first-order valence-electron chi connectivity index (χ1n) is 10.7. The highest BCUT2D eigenvalue weighted by Crippen LogP contribution is 2.37. The van der Waals surface area contributed by atoms with Crippen molar-refractivity contribution in [1.82, 2.24) is 5.32 Å². The van der Waals surface area contributed by atoms with E-state index in [1.807, 2.05) is 43.3 Å². The molecule has 4 aromatic rings. The number of carbonyl (C=O) groups excluding carboxylic acids is 1. The van der Waals surface area contributed by atoms with Crippen molar-refractivity contribution in [2.24, 2.45) is 5.92 Å². The highest BCUT2D eigenvalue weighted by molar-refractivity contribution is 6.03. The predicted octanol–water partition coefficient (Wildman–Crippen LogP) is 4.59. The number of furan rings is 1. The molecule has 2 aromatic carbocycles. The fraction of sp³-hybridized carbons (Fsp3) is 0.269. The number of benzene rings is 2. The quantitative estimate of drug-likeness (QED) is 0.418. The summed E-state index contributed by atoms with van der Waals surface area (Å²) < 4.78 is 11.5. The molecule has 0 aliphatic carbocycles. The number of aryl methyl sites for hydroxylation is 2. The number of aliphatic carboxylic acids is 1. The maximum Gasteiger partial charge on any atom is 0.340 e. The van der Waals surface area contributed by atoms with Crippen molar-refractivity contribution in [3.63, 3.8) is 0 Å². The van der Waals surface area contributed by atoms with E-state index in [9.17, 15) is 19.5 Å². The fourth-order valence-corrected chi connectivity index (χ4v) is 4.17. The zero-order valence-corrected chi connectivity index (χ0v) is 18.9. The lowest BCUT2D eigenvalue weighted by molar-refractivity contribution is -0.143. The van der Waals surface area contributed by atoms with Gasteiger partial charge in [0.1, 0.15) is 23.0 Å². The van der Waals surface area contributed by atoms with Gasteiger partial charge in [0.15, 0.2) is 0 Å². The first kappa shape index (κ1) is 22.3. The average molecular weight is 447 g/mol. The van der Waals surface area contributed by atoms with Gasteiger partial charge < -0.3 is 19.3 Å². The molecule has 2 heterocycles. The monoisotopic (exact) mass is 447 g/mol. The summed E-state index contributed by atoms with van der Waals surface area (Å²) in [6.07, 6.45) is -0.269. The van der Waals surface area contributed by atoms with Gasteiger partial charge >= 0.3 is 11.6 Å². The van der Waals surface area contributed by atoms with Crippen molar-refractivity contribution < 1.29 is 23.5 Å². The lowest BCUT2D eigenvalue weighted by Gasteiger charge is -2.18. The molecule has 0 aliphatic heterocycles. The van der Waals surface area contributed by atoms with Crippen LogP contribution in [0.2, 0.25) is 0 Å². The van der Waals surface area contributed by atoms with Gasteiger partial charge in [-0.15, -0.1) is 0 Å². The third-order valence-corrected chi connectivity index (χ3v) is 5.92. The number of carboxylic acids is 1. The van der Waals surface area contributed by atoms with Crippen LogP contribution < -0.4 is 10.9 Å². The third-order valence-electron chi connectivity index (χ3n) is 5.92. The number of fused-ring (bicyclic) bond motifs is 2. The maximum absolute atomic E-state index is 12.7. The van der Waals surface area contributed by atoms with Crippen LogP contribution in [0, 0.1) is 19.8 Å². The first-order valence-corrected chi connectivity index (χ1v) is 10.7. The summed E-state index contributed by atoms with van der Waals surface area (Å²) in [5.74, 6) is -1.21. The van der Waals surface area contributed by atoms with Crippen molar-refractivity contribution in [1.29, 1.82) is 0 Å². The van der Waals surface area contributed by atoms with Crippen LogP contribution >= 0.6 is 0 Å². The molecular formula is C26H25NO6. The summed E-state index contributed by atoms with van der Waals surface area (Å²) in [5.41, 5.74) is 3.13. The van der Waals surface area contributed by atoms with E-state index in [0.29, 0.717) is 22.1 Å². The molecule has 1 amide bonds. The van der Waals surface area contributed by atoms with Gasteiger partial charge in [-0.2, -0.15) is 0 Å². The van der Waals surface area contributed by atoms with E-state index in [2.05, 4.69) is 5.32 Å². The Labute approximate surface area is 190 Å². The van der Waals surface area contributed by atoms with Crippen molar-refractivity contribution in [2.75, 3.05) is 0 Å². The van der Waals surface area contributed by atoms with Gasteiger partial charge in [-0.25, -0.2) is 9.59 Å². The molecule has 4 rings (SSSR count). The number of amides is 1. The topological polar surface area (TPSA) is 110 Å². The molecule has 33 heavy (non-hydrogen) atoms. The smallest absolute Gasteiger partial charge is 0.340 e. The summed E-state index contributed by atoms with van der Waals surface area (Å²) >= 11 is 0. The zero-order valence-electron chi connectivity index (χ0n) is 18.9. The summed E-state index contributed by atoms with van der Waals surface area (Å²) in [5, 5.41) is 13.4. The highest BCUT2D eigenvalue weighted by atomic mass is 16.4. The van der Waals surface area contributed by atoms with Gasteiger partial charge in [-0.3, -0.25) is 4.79 Å². The minimum atomic E-state index is -1.12. The van der Waals surface area contributed by atoms with Crippen LogP contribution in [-0.4, -0.2) is 23.0 Å². The molecule has 0 fully saturated rings. The Bertz CT molecular complexity index is 1430. The second-order valence-electron chi connectivity index (χ2n) is 8.54. The average Bonchev–Trinajstić information content (AvgIpc) is 3.08. The molecule has 2 N–H and O–H groups in total. The second kappa shape index (κ2) is 8.58. The summed E-state index contributed by atoms with van der Waals surface area (Å²) in [4.78, 5) is 36.6. The Balaban J connectivity index is 1.80. The van der Waals surface area contributed by atoms with Crippen LogP contribution in [0.4, 0.5) is 0 Å². The van der Waals surface area contributed by atoms with Crippen molar-refractivity contribution >= 4 is 33.8 Å². The molecule has 0 saturated heterocycles. The fourth-order valence-electron chi connectivity index (χ4n) is 4.17. The van der Waals surface area contributed by atoms with Crippen LogP contribution in [-0.2, 0) is 16.0 Å². The molecule has 1 atom stereocenters. The van der Waals surface area contributed by atoms with Crippen LogP contribution in [0.5, 0.6) is 0 Å². The van der Waals surface area contributed by atoms with E-state index in [-0.39, 0.29) is 17.9 Å². The van der Waals surface area contributed by atoms with Gasteiger partial charge in [-0.1, -0.05) is 44.2 Å². The lowest BCUT2D eigenvalue weighted by Crippen LogP contribution is -2.45. The largest absolute Gasteiger partial charge is 0.480 e. The van der Waals surface area contributed by atoms with E-state index in [1.165, 1.54) is 0 Å². The molecule has 170 valence electrons. The Morgan fingerprint density at radius 1 is 1.00 bits per heavy atom. The molecule has 7 heteroatoms. The molecule has 0 spiro atoms. The lowest BCUT2D eigenvalue weighted by atomic mass is 9.98. The molecule has 0 saturated carbocycles. The molecular weight excluding hydrogens is 422 g/mol. The minimum absolute atomic E-state index is 0.203. The van der Waals surface area contributed by atoms with Gasteiger partial charge in [0, 0.05) is 22.4 Å². The summed E-state index contributed by atoms with van der Waals surface area (Å²) in [7, 11) is 0. The molecule has 7 nitrogen and oxygen atoms in total. The van der Waals surface area contributed by atoms with Crippen LogP contribution in [0.15, 0.2) is 56.1 Å². The number of rotatable bonds is 6. The van der Waals surface area contributed by atoms with Gasteiger partial charge in [0.05, 0.1) is 12.0 Å². The summed E-state index contributed by atoms with van der Waals surface area (Å²) in [6.45, 7) is 7.06. The van der Waals surface area contributed by atoms with E-state index in [1.54, 1.807) is 26.8 Å². The molecule has 2 aromatic heterocycles. The van der Waals surface area contributed by atoms with Gasteiger partial charge in [0.25, 0.3) is 0 Å². The standard InChI is InChI=1S/C26H25NO6/c1-13(2)24(25(29)30)27-22(28)11-18-14(3)17-10-19-21(12-20(17)33-26(18)31)32-15(4)23(19)16-8-6-5-7-9-16/h5-10,12-13,24H,11H2,1-4H3,(H,27,28)(H,29,30)/t24-/m0/s1. The Morgan fingerprint density at radius 2 is 1.67 bits per heavy atom. The van der Waals surface area contributed by atoms with E-state index < -0.39 is 23.5 Å². The second-order valence-corrected chi connectivity index (χ2v) is 8.54. The van der Waals surface area contributed by atoms with Crippen molar-refractivity contribution in [3.8, 4) is 11.1 Å². The number of carbonyl (C=O) groups is 2. The third kappa shape index (κ3) is 4.14. The van der Waals surface area contributed by atoms with Crippen molar-refractivity contribution in [3.05, 3.63) is 69.8 Å². The van der Waals surface area contributed by atoms with Crippen LogP contribution in [0.1, 0.15) is 30.7 Å². The maximum atomic E-state index is 12.7. The van der Waals surface area contributed by atoms with Crippen LogP contribution in [0.25, 0.3) is 33.1 Å². The molecule has 0 unspecified atom stereocenters.